The largest absolute Gasteiger partial charge is 0.477 e. The lowest BCUT2D eigenvalue weighted by Crippen LogP contribution is -2.45. The minimum Gasteiger partial charge on any atom is -0.477 e. The van der Waals surface area contributed by atoms with E-state index < -0.39 is 6.10 Å². The van der Waals surface area contributed by atoms with Gasteiger partial charge in [0, 0.05) is 16.8 Å². The molecule has 1 heterocycles. The molecule has 2 aromatic rings. The highest BCUT2D eigenvalue weighted by Gasteiger charge is 2.25. The first kappa shape index (κ1) is 21.1. The average Bonchev–Trinajstić information content (AvgIpc) is 3.28. The van der Waals surface area contributed by atoms with Crippen LogP contribution in [-0.2, 0) is 0 Å². The summed E-state index contributed by atoms with van der Waals surface area (Å²) < 4.78 is 6.09. The van der Waals surface area contributed by atoms with E-state index >= 15 is 0 Å². The molecule has 2 N–H and O–H groups in total. The SMILES string of the molecule is O=C(NC1CCCC[C@H]1O)c1cnc(OCC2CCCC2)c(-c2ccc(Cl)cc2)c1. The summed E-state index contributed by atoms with van der Waals surface area (Å²) in [6.07, 6.45) is 9.54. The normalized spacial score (nSPS) is 22.1. The lowest BCUT2D eigenvalue weighted by molar-refractivity contribution is 0.0717. The van der Waals surface area contributed by atoms with Crippen LogP contribution in [0.15, 0.2) is 36.5 Å². The number of benzene rings is 1. The van der Waals surface area contributed by atoms with Gasteiger partial charge in [-0.2, -0.15) is 0 Å². The number of pyridine rings is 1. The number of ether oxygens (including phenoxy) is 1. The number of carbonyl (C=O) groups is 1. The Labute approximate surface area is 182 Å². The van der Waals surface area contributed by atoms with Gasteiger partial charge in [-0.25, -0.2) is 4.98 Å². The summed E-state index contributed by atoms with van der Waals surface area (Å²) in [6, 6.07) is 9.09. The predicted molar refractivity (Wildman–Crippen MR) is 118 cm³/mol. The quantitative estimate of drug-likeness (QED) is 0.678. The van der Waals surface area contributed by atoms with E-state index in [9.17, 15) is 9.90 Å². The Hall–Kier alpha value is -2.11. The fourth-order valence-electron chi connectivity index (χ4n) is 4.43. The van der Waals surface area contributed by atoms with Gasteiger partial charge >= 0.3 is 0 Å². The maximum atomic E-state index is 12.9. The average molecular weight is 429 g/mol. The summed E-state index contributed by atoms with van der Waals surface area (Å²) in [5, 5.41) is 13.8. The zero-order valence-corrected chi connectivity index (χ0v) is 17.9. The minimum atomic E-state index is -0.486. The molecule has 6 heteroatoms. The number of nitrogens with zero attached hydrogens (tertiary/aromatic N) is 1. The van der Waals surface area contributed by atoms with Crippen LogP contribution in [0, 0.1) is 5.92 Å². The van der Waals surface area contributed by atoms with Gasteiger partial charge in [0.2, 0.25) is 5.88 Å². The number of nitrogens with one attached hydrogen (secondary N) is 1. The van der Waals surface area contributed by atoms with Gasteiger partial charge in [-0.15, -0.1) is 0 Å². The predicted octanol–water partition coefficient (Wildman–Crippen LogP) is 5.00. The first-order chi connectivity index (χ1) is 14.6. The van der Waals surface area contributed by atoms with Crippen molar-refractivity contribution < 1.29 is 14.6 Å². The van der Waals surface area contributed by atoms with Crippen LogP contribution in [0.4, 0.5) is 0 Å². The lowest BCUT2D eigenvalue weighted by atomic mass is 9.92. The molecule has 2 fully saturated rings. The summed E-state index contributed by atoms with van der Waals surface area (Å²) in [5.41, 5.74) is 2.15. The van der Waals surface area contributed by atoms with Crippen molar-refractivity contribution in [1.29, 1.82) is 0 Å². The van der Waals surface area contributed by atoms with Crippen LogP contribution in [0.2, 0.25) is 5.02 Å². The van der Waals surface area contributed by atoms with Gasteiger partial charge in [0.05, 0.1) is 24.3 Å². The van der Waals surface area contributed by atoms with Crippen LogP contribution in [0.3, 0.4) is 0 Å². The van der Waals surface area contributed by atoms with Crippen LogP contribution >= 0.6 is 11.6 Å². The van der Waals surface area contributed by atoms with E-state index in [1.165, 1.54) is 25.7 Å². The van der Waals surface area contributed by atoms with Crippen molar-refractivity contribution in [3.05, 3.63) is 47.1 Å². The molecule has 4 rings (SSSR count). The number of aliphatic hydroxyl groups excluding tert-OH is 1. The fraction of sp³-hybridized carbons (Fsp3) is 0.500. The molecule has 30 heavy (non-hydrogen) atoms. The minimum absolute atomic E-state index is 0.205. The molecule has 2 aliphatic rings. The lowest BCUT2D eigenvalue weighted by Gasteiger charge is -2.28. The van der Waals surface area contributed by atoms with Crippen LogP contribution in [0.5, 0.6) is 5.88 Å². The van der Waals surface area contributed by atoms with Gasteiger partial charge in [0.15, 0.2) is 0 Å². The second-order valence-electron chi connectivity index (χ2n) is 8.48. The Morgan fingerprint density at radius 3 is 2.53 bits per heavy atom. The van der Waals surface area contributed by atoms with Crippen LogP contribution in [-0.4, -0.2) is 34.8 Å². The molecular weight excluding hydrogens is 400 g/mol. The highest BCUT2D eigenvalue weighted by molar-refractivity contribution is 6.30. The summed E-state index contributed by atoms with van der Waals surface area (Å²) in [7, 11) is 0. The van der Waals surface area contributed by atoms with Crippen LogP contribution < -0.4 is 10.1 Å². The van der Waals surface area contributed by atoms with Crippen molar-refractivity contribution in [2.75, 3.05) is 6.61 Å². The molecule has 0 aliphatic heterocycles. The van der Waals surface area contributed by atoms with Crippen molar-refractivity contribution in [2.24, 2.45) is 5.92 Å². The number of halogens is 1. The third-order valence-electron chi connectivity index (χ3n) is 6.25. The van der Waals surface area contributed by atoms with Crippen molar-refractivity contribution in [3.63, 3.8) is 0 Å². The van der Waals surface area contributed by atoms with E-state index in [-0.39, 0.29) is 11.9 Å². The first-order valence-corrected chi connectivity index (χ1v) is 11.4. The Balaban J connectivity index is 1.56. The van der Waals surface area contributed by atoms with Gasteiger partial charge < -0.3 is 15.2 Å². The van der Waals surface area contributed by atoms with Crippen molar-refractivity contribution in [2.45, 2.75) is 63.5 Å². The van der Waals surface area contributed by atoms with Gasteiger partial charge in [-0.1, -0.05) is 49.4 Å². The number of aromatic nitrogens is 1. The molecule has 2 aliphatic carbocycles. The fourth-order valence-corrected chi connectivity index (χ4v) is 4.56. The van der Waals surface area contributed by atoms with Gasteiger partial charge in [-0.3, -0.25) is 4.79 Å². The monoisotopic (exact) mass is 428 g/mol. The zero-order valence-electron chi connectivity index (χ0n) is 17.1. The molecule has 160 valence electrons. The smallest absolute Gasteiger partial charge is 0.253 e. The maximum Gasteiger partial charge on any atom is 0.253 e. The van der Waals surface area contributed by atoms with E-state index in [2.05, 4.69) is 10.3 Å². The molecular formula is C24H29ClN2O3. The molecule has 1 aromatic heterocycles. The van der Waals surface area contributed by atoms with E-state index in [1.54, 1.807) is 6.20 Å². The Morgan fingerprint density at radius 1 is 1.10 bits per heavy atom. The molecule has 0 radical (unpaired) electrons. The number of hydrogen-bond acceptors (Lipinski definition) is 4. The second-order valence-corrected chi connectivity index (χ2v) is 8.91. The first-order valence-electron chi connectivity index (χ1n) is 11.0. The zero-order chi connectivity index (χ0) is 20.9. The molecule has 0 bridgehead atoms. The highest BCUT2D eigenvalue weighted by atomic mass is 35.5. The highest BCUT2D eigenvalue weighted by Crippen LogP contribution is 2.32. The summed E-state index contributed by atoms with van der Waals surface area (Å²) in [6.45, 7) is 0.646. The molecule has 1 unspecified atom stereocenters. The van der Waals surface area contributed by atoms with Crippen LogP contribution in [0.1, 0.15) is 61.7 Å². The topological polar surface area (TPSA) is 71.5 Å². The van der Waals surface area contributed by atoms with Gasteiger partial charge in [0.25, 0.3) is 5.91 Å². The van der Waals surface area contributed by atoms with Gasteiger partial charge in [0.1, 0.15) is 0 Å². The molecule has 2 saturated carbocycles. The summed E-state index contributed by atoms with van der Waals surface area (Å²) in [5.74, 6) is 0.894. The number of carbonyl (C=O) groups excluding carboxylic acids is 1. The van der Waals surface area contributed by atoms with E-state index in [1.807, 2.05) is 30.3 Å². The summed E-state index contributed by atoms with van der Waals surface area (Å²) in [4.78, 5) is 17.3. The Kier molecular flexibility index (Phi) is 6.90. The van der Waals surface area contributed by atoms with E-state index in [0.717, 1.165) is 36.8 Å². The molecule has 1 aromatic carbocycles. The van der Waals surface area contributed by atoms with E-state index in [4.69, 9.17) is 16.3 Å². The number of hydrogen-bond donors (Lipinski definition) is 2. The third-order valence-corrected chi connectivity index (χ3v) is 6.50. The van der Waals surface area contributed by atoms with Crippen molar-refractivity contribution in [1.82, 2.24) is 10.3 Å². The van der Waals surface area contributed by atoms with Crippen LogP contribution in [0.25, 0.3) is 11.1 Å². The molecule has 2 atom stereocenters. The second kappa shape index (κ2) is 9.80. The third kappa shape index (κ3) is 5.13. The number of rotatable bonds is 6. The molecule has 0 saturated heterocycles. The number of amides is 1. The van der Waals surface area contributed by atoms with Gasteiger partial charge in [-0.05, 0) is 55.4 Å². The molecule has 0 spiro atoms. The molecule has 5 nitrogen and oxygen atoms in total. The summed E-state index contributed by atoms with van der Waals surface area (Å²) >= 11 is 6.06. The maximum absolute atomic E-state index is 12.9. The standard InChI is InChI=1S/C24H29ClN2O3/c25-19-11-9-17(10-12-19)20-13-18(23(29)27-21-7-3-4-8-22(21)28)14-26-24(20)30-15-16-5-1-2-6-16/h9-14,16,21-22,28H,1-8,15H2,(H,27,29)/t21?,22-/m1/s1. The Bertz CT molecular complexity index is 865. The van der Waals surface area contributed by atoms with Crippen molar-refractivity contribution >= 4 is 17.5 Å². The van der Waals surface area contributed by atoms with Crippen molar-refractivity contribution in [3.8, 4) is 17.0 Å². The van der Waals surface area contributed by atoms with E-state index in [0.29, 0.717) is 29.0 Å². The molecule has 1 amide bonds. The number of aliphatic hydroxyl groups is 1. The Morgan fingerprint density at radius 2 is 1.80 bits per heavy atom.